The van der Waals surface area contributed by atoms with Crippen LogP contribution >= 0.6 is 39.0 Å². The number of aromatic nitrogens is 1. The van der Waals surface area contributed by atoms with Gasteiger partial charge in [-0.25, -0.2) is 4.90 Å². The first-order valence-corrected chi connectivity index (χ1v) is 14.5. The van der Waals surface area contributed by atoms with E-state index < -0.39 is 23.0 Å². The summed E-state index contributed by atoms with van der Waals surface area (Å²) in [7, 11) is 0. The Morgan fingerprint density at radius 3 is 2.31 bits per heavy atom. The number of anilines is 2. The summed E-state index contributed by atoms with van der Waals surface area (Å²) in [5.41, 5.74) is 1.80. The van der Waals surface area contributed by atoms with Crippen molar-refractivity contribution in [2.45, 2.75) is 22.7 Å². The van der Waals surface area contributed by atoms with E-state index in [-0.39, 0.29) is 29.0 Å². The highest BCUT2D eigenvalue weighted by Crippen LogP contribution is 2.53. The van der Waals surface area contributed by atoms with Crippen LogP contribution in [-0.4, -0.2) is 32.6 Å². The number of phenols is 1. The molecule has 4 aromatic rings. The quantitative estimate of drug-likeness (QED) is 0.244. The molecular formula is C28H20BrN3O5S2. The van der Waals surface area contributed by atoms with Gasteiger partial charge in [0, 0.05) is 21.0 Å². The number of benzene rings is 3. The monoisotopic (exact) mass is 621 g/mol. The van der Waals surface area contributed by atoms with Crippen molar-refractivity contribution in [2.75, 3.05) is 10.2 Å². The van der Waals surface area contributed by atoms with Crippen LogP contribution in [0.15, 0.2) is 93.2 Å². The number of thioether (sulfide) groups is 1. The van der Waals surface area contributed by atoms with Gasteiger partial charge in [0.05, 0.1) is 16.6 Å². The fraction of sp³-hybridized carbons (Fsp3) is 0.143. The molecule has 0 radical (unpaired) electrons. The second kappa shape index (κ2) is 10.1. The molecule has 3 amide bonds. The number of fused-ring (bicyclic) bond motifs is 2. The van der Waals surface area contributed by atoms with Crippen molar-refractivity contribution in [1.29, 1.82) is 0 Å². The summed E-state index contributed by atoms with van der Waals surface area (Å²) in [5, 5.41) is 12.0. The summed E-state index contributed by atoms with van der Waals surface area (Å²) < 4.78 is 2.21. The molecule has 0 aliphatic carbocycles. The Morgan fingerprint density at radius 1 is 0.923 bits per heavy atom. The van der Waals surface area contributed by atoms with Crippen molar-refractivity contribution in [3.05, 3.63) is 103 Å². The fourth-order valence-corrected chi connectivity index (χ4v) is 8.05. The first-order valence-electron chi connectivity index (χ1n) is 12.0. The van der Waals surface area contributed by atoms with Crippen molar-refractivity contribution >= 4 is 68.1 Å². The van der Waals surface area contributed by atoms with E-state index in [2.05, 4.69) is 21.2 Å². The Morgan fingerprint density at radius 2 is 1.62 bits per heavy atom. The van der Waals surface area contributed by atoms with Crippen molar-refractivity contribution in [3.63, 3.8) is 0 Å². The van der Waals surface area contributed by atoms with Crippen LogP contribution in [0.4, 0.5) is 11.4 Å². The van der Waals surface area contributed by atoms with Gasteiger partial charge in [-0.05, 0) is 54.1 Å². The lowest BCUT2D eigenvalue weighted by atomic mass is 9.83. The zero-order valence-corrected chi connectivity index (χ0v) is 23.3. The molecule has 1 fully saturated rings. The average molecular weight is 623 g/mol. The summed E-state index contributed by atoms with van der Waals surface area (Å²) >= 11 is 5.57. The molecule has 3 heterocycles. The molecule has 0 unspecified atom stereocenters. The number of aromatic hydroxyl groups is 1. The molecule has 2 aliphatic rings. The predicted molar refractivity (Wildman–Crippen MR) is 153 cm³/mol. The number of hydrogen-bond acceptors (Lipinski definition) is 7. The standard InChI is InChI=1S/C28H20BrN3O5S2/c29-16-6-10-18(11-7-16)32-25(35)22-21(15-4-2-1-3-5-15)24-27(38-23(22)26(32)36)31(28(37)39-24)14-20(34)30-17-8-12-19(33)13-9-17/h1-13,21-23,33H,14H2,(H,30,34)/t21-,22-,23+/m0/s1. The van der Waals surface area contributed by atoms with Gasteiger partial charge in [0.25, 0.3) is 0 Å². The van der Waals surface area contributed by atoms with Gasteiger partial charge in [-0.15, -0.1) is 0 Å². The molecule has 11 heteroatoms. The lowest BCUT2D eigenvalue weighted by Gasteiger charge is -2.30. The average Bonchev–Trinajstić information content (AvgIpc) is 3.37. The van der Waals surface area contributed by atoms with Gasteiger partial charge >= 0.3 is 4.87 Å². The summed E-state index contributed by atoms with van der Waals surface area (Å²) in [6.45, 7) is -0.254. The van der Waals surface area contributed by atoms with Crippen LogP contribution in [0.1, 0.15) is 16.4 Å². The number of rotatable bonds is 5. The number of nitrogens with one attached hydrogen (secondary N) is 1. The number of imide groups is 1. The number of halogens is 1. The number of hydrogen-bond donors (Lipinski definition) is 2. The van der Waals surface area contributed by atoms with Gasteiger partial charge in [0.2, 0.25) is 17.7 Å². The molecule has 8 nitrogen and oxygen atoms in total. The zero-order valence-electron chi connectivity index (χ0n) is 20.1. The maximum Gasteiger partial charge on any atom is 0.308 e. The Balaban J connectivity index is 1.39. The number of nitrogens with zero attached hydrogens (tertiary/aromatic N) is 2. The molecule has 0 spiro atoms. The van der Waals surface area contributed by atoms with Gasteiger partial charge in [-0.2, -0.15) is 0 Å². The Hall–Kier alpha value is -3.67. The number of carbonyl (C=O) groups is 3. The van der Waals surface area contributed by atoms with E-state index in [1.54, 1.807) is 36.4 Å². The minimum absolute atomic E-state index is 0.0713. The maximum absolute atomic E-state index is 13.8. The minimum Gasteiger partial charge on any atom is -0.508 e. The van der Waals surface area contributed by atoms with E-state index in [9.17, 15) is 24.3 Å². The molecule has 0 bridgehead atoms. The molecule has 0 saturated carbocycles. The van der Waals surface area contributed by atoms with Crippen LogP contribution in [0.25, 0.3) is 0 Å². The number of phenolic OH excluding ortho intramolecular Hbond substituents is 1. The summed E-state index contributed by atoms with van der Waals surface area (Å²) in [6, 6.07) is 22.4. The second-order valence-corrected chi connectivity index (χ2v) is 12.2. The van der Waals surface area contributed by atoms with Crippen LogP contribution in [0.3, 0.4) is 0 Å². The van der Waals surface area contributed by atoms with Crippen LogP contribution < -0.4 is 15.1 Å². The van der Waals surface area contributed by atoms with E-state index >= 15 is 0 Å². The topological polar surface area (TPSA) is 109 Å². The van der Waals surface area contributed by atoms with E-state index in [1.807, 2.05) is 30.3 Å². The fourth-order valence-electron chi connectivity index (χ4n) is 5.01. The van der Waals surface area contributed by atoms with Crippen molar-refractivity contribution in [1.82, 2.24) is 4.57 Å². The minimum atomic E-state index is -0.751. The first-order chi connectivity index (χ1) is 18.8. The highest BCUT2D eigenvalue weighted by Gasteiger charge is 2.56. The van der Waals surface area contributed by atoms with Crippen LogP contribution in [-0.2, 0) is 20.9 Å². The van der Waals surface area contributed by atoms with Gasteiger partial charge in [-0.1, -0.05) is 69.4 Å². The Kier molecular flexibility index (Phi) is 6.66. The number of amides is 3. The molecule has 2 aliphatic heterocycles. The van der Waals surface area contributed by atoms with Gasteiger partial charge < -0.3 is 10.4 Å². The number of thiazole rings is 1. The molecule has 2 N–H and O–H groups in total. The van der Waals surface area contributed by atoms with Gasteiger partial charge in [-0.3, -0.25) is 23.7 Å². The first kappa shape index (κ1) is 25.6. The van der Waals surface area contributed by atoms with Crippen molar-refractivity contribution < 1.29 is 19.5 Å². The van der Waals surface area contributed by atoms with E-state index in [4.69, 9.17) is 0 Å². The van der Waals surface area contributed by atoms with Crippen LogP contribution in [0.5, 0.6) is 5.75 Å². The molecule has 196 valence electrons. The largest absolute Gasteiger partial charge is 0.508 e. The molecule has 39 heavy (non-hydrogen) atoms. The van der Waals surface area contributed by atoms with E-state index in [0.717, 1.165) is 21.4 Å². The summed E-state index contributed by atoms with van der Waals surface area (Å²) in [4.78, 5) is 55.2. The van der Waals surface area contributed by atoms with E-state index in [0.29, 0.717) is 21.3 Å². The Bertz CT molecular complexity index is 1650. The van der Waals surface area contributed by atoms with Crippen molar-refractivity contribution in [3.8, 4) is 5.75 Å². The summed E-state index contributed by atoms with van der Waals surface area (Å²) in [6.07, 6.45) is 0. The molecule has 3 aromatic carbocycles. The molecule has 1 saturated heterocycles. The highest BCUT2D eigenvalue weighted by atomic mass is 79.9. The molecular weight excluding hydrogens is 602 g/mol. The van der Waals surface area contributed by atoms with Gasteiger partial charge in [0.1, 0.15) is 17.5 Å². The van der Waals surface area contributed by atoms with E-state index in [1.165, 1.54) is 33.4 Å². The van der Waals surface area contributed by atoms with Crippen LogP contribution in [0, 0.1) is 5.92 Å². The highest BCUT2D eigenvalue weighted by molar-refractivity contribution is 9.10. The molecule has 6 rings (SSSR count). The third kappa shape index (κ3) is 4.60. The second-order valence-electron chi connectivity index (χ2n) is 9.16. The lowest BCUT2D eigenvalue weighted by molar-refractivity contribution is -0.122. The third-order valence-electron chi connectivity index (χ3n) is 6.75. The number of carbonyl (C=O) groups excluding carboxylic acids is 3. The Labute approximate surface area is 239 Å². The normalized spacial score (nSPS) is 20.0. The molecule has 1 aromatic heterocycles. The third-order valence-corrected chi connectivity index (χ3v) is 9.88. The smallest absolute Gasteiger partial charge is 0.308 e. The lowest BCUT2D eigenvalue weighted by Crippen LogP contribution is -2.33. The van der Waals surface area contributed by atoms with Crippen molar-refractivity contribution in [2.24, 2.45) is 5.92 Å². The predicted octanol–water partition coefficient (Wildman–Crippen LogP) is 4.81. The van der Waals surface area contributed by atoms with Crippen LogP contribution in [0.2, 0.25) is 0 Å². The molecule has 3 atom stereocenters. The maximum atomic E-state index is 13.8. The SMILES string of the molecule is O=C(Cn1c2c(sc1=O)[C@@H](c1ccccc1)[C@@H]1C(=O)N(c3ccc(Br)cc3)C(=O)[C@@H]1S2)Nc1ccc(O)cc1. The summed E-state index contributed by atoms with van der Waals surface area (Å²) in [5.74, 6) is -2.21. The zero-order chi connectivity index (χ0) is 27.3. The van der Waals surface area contributed by atoms with Gasteiger partial charge in [0.15, 0.2) is 0 Å².